The summed E-state index contributed by atoms with van der Waals surface area (Å²) >= 11 is 0. The van der Waals surface area contributed by atoms with Crippen LogP contribution in [-0.2, 0) is 11.2 Å². The van der Waals surface area contributed by atoms with Crippen molar-refractivity contribution in [3.8, 4) is 11.5 Å². The Kier molecular flexibility index (Phi) is 6.74. The molecule has 0 aliphatic carbocycles. The zero-order valence-electron chi connectivity index (χ0n) is 17.2. The summed E-state index contributed by atoms with van der Waals surface area (Å²) < 4.78 is 11.0. The number of rotatable bonds is 9. The highest BCUT2D eigenvalue weighted by molar-refractivity contribution is 6.14. The lowest BCUT2D eigenvalue weighted by Gasteiger charge is -2.21. The summed E-state index contributed by atoms with van der Waals surface area (Å²) in [6, 6.07) is 13.4. The summed E-state index contributed by atoms with van der Waals surface area (Å²) in [6.07, 6.45) is 1.45. The average molecular weight is 410 g/mol. The quantitative estimate of drug-likeness (QED) is 0.508. The van der Waals surface area contributed by atoms with Crippen molar-refractivity contribution in [1.29, 1.82) is 0 Å². The molecule has 0 saturated carbocycles. The predicted molar refractivity (Wildman–Crippen MR) is 114 cm³/mol. The fourth-order valence-corrected chi connectivity index (χ4v) is 3.39. The van der Waals surface area contributed by atoms with E-state index in [4.69, 9.17) is 9.47 Å². The Morgan fingerprint density at radius 1 is 1.17 bits per heavy atom. The number of β-amino-alcohol motifs (C(OH)–C–C–N with tert-alkyl or cyclic N) is 1. The molecule has 158 valence electrons. The third kappa shape index (κ3) is 4.46. The SMILES string of the molecule is C=CCc1ccc(OCC(O)CN2C(=O)C(C)N(c3ccccc3)C2=O)c(OC)c1. The first-order valence-corrected chi connectivity index (χ1v) is 9.74. The Morgan fingerprint density at radius 2 is 1.90 bits per heavy atom. The molecule has 7 heteroatoms. The number of anilines is 1. The van der Waals surface area contributed by atoms with Crippen LogP contribution in [-0.4, -0.2) is 54.4 Å². The highest BCUT2D eigenvalue weighted by Gasteiger charge is 2.43. The van der Waals surface area contributed by atoms with Crippen LogP contribution in [0, 0.1) is 0 Å². The lowest BCUT2D eigenvalue weighted by Crippen LogP contribution is -2.40. The number of benzene rings is 2. The van der Waals surface area contributed by atoms with E-state index in [1.165, 1.54) is 12.0 Å². The number of hydrogen-bond donors (Lipinski definition) is 1. The number of methoxy groups -OCH3 is 1. The number of para-hydroxylation sites is 1. The van der Waals surface area contributed by atoms with Crippen molar-refractivity contribution in [3.63, 3.8) is 0 Å². The minimum absolute atomic E-state index is 0.0893. The van der Waals surface area contributed by atoms with E-state index in [-0.39, 0.29) is 19.1 Å². The zero-order chi connectivity index (χ0) is 21.7. The molecule has 0 radical (unpaired) electrons. The summed E-state index contributed by atoms with van der Waals surface area (Å²) in [7, 11) is 1.54. The largest absolute Gasteiger partial charge is 0.493 e. The van der Waals surface area contributed by atoms with Gasteiger partial charge in [0.2, 0.25) is 0 Å². The van der Waals surface area contributed by atoms with Crippen LogP contribution in [0.1, 0.15) is 12.5 Å². The number of nitrogens with zero attached hydrogens (tertiary/aromatic N) is 2. The van der Waals surface area contributed by atoms with Crippen molar-refractivity contribution >= 4 is 17.6 Å². The number of aliphatic hydroxyl groups excluding tert-OH is 1. The van der Waals surface area contributed by atoms with Crippen molar-refractivity contribution in [3.05, 3.63) is 66.7 Å². The molecule has 2 aromatic carbocycles. The Morgan fingerprint density at radius 3 is 2.57 bits per heavy atom. The number of allylic oxidation sites excluding steroid dienone is 1. The van der Waals surface area contributed by atoms with Gasteiger partial charge in [0, 0.05) is 5.69 Å². The molecule has 2 atom stereocenters. The number of amides is 3. The smallest absolute Gasteiger partial charge is 0.332 e. The summed E-state index contributed by atoms with van der Waals surface area (Å²) in [5, 5.41) is 10.4. The second kappa shape index (κ2) is 9.45. The number of aliphatic hydroxyl groups is 1. The van der Waals surface area contributed by atoms with Crippen molar-refractivity contribution in [1.82, 2.24) is 4.90 Å². The van der Waals surface area contributed by atoms with E-state index in [1.54, 1.807) is 43.3 Å². The van der Waals surface area contributed by atoms with Crippen LogP contribution in [0.3, 0.4) is 0 Å². The van der Waals surface area contributed by atoms with Gasteiger partial charge in [-0.3, -0.25) is 14.6 Å². The maximum absolute atomic E-state index is 12.8. The Bertz CT molecular complexity index is 915. The molecule has 3 amide bonds. The lowest BCUT2D eigenvalue weighted by atomic mass is 10.1. The number of ether oxygens (including phenoxy) is 2. The first-order valence-electron chi connectivity index (χ1n) is 9.74. The third-order valence-corrected chi connectivity index (χ3v) is 4.91. The molecular formula is C23H26N2O5. The normalized spacial score (nSPS) is 17.2. The summed E-state index contributed by atoms with van der Waals surface area (Å²) in [6.45, 7) is 5.15. The van der Waals surface area contributed by atoms with E-state index in [0.29, 0.717) is 23.6 Å². The van der Waals surface area contributed by atoms with E-state index in [2.05, 4.69) is 6.58 Å². The molecule has 0 aromatic heterocycles. The van der Waals surface area contributed by atoms with Gasteiger partial charge < -0.3 is 14.6 Å². The molecule has 2 aromatic rings. The van der Waals surface area contributed by atoms with Crippen LogP contribution in [0.4, 0.5) is 10.5 Å². The van der Waals surface area contributed by atoms with Gasteiger partial charge in [-0.05, 0) is 43.2 Å². The minimum atomic E-state index is -1.04. The zero-order valence-corrected chi connectivity index (χ0v) is 17.2. The van der Waals surface area contributed by atoms with E-state index in [0.717, 1.165) is 10.5 Å². The van der Waals surface area contributed by atoms with E-state index >= 15 is 0 Å². The van der Waals surface area contributed by atoms with Gasteiger partial charge in [-0.25, -0.2) is 4.79 Å². The fourth-order valence-electron chi connectivity index (χ4n) is 3.39. The molecule has 7 nitrogen and oxygen atoms in total. The van der Waals surface area contributed by atoms with Gasteiger partial charge in [-0.2, -0.15) is 0 Å². The van der Waals surface area contributed by atoms with E-state index < -0.39 is 18.2 Å². The highest BCUT2D eigenvalue weighted by atomic mass is 16.5. The van der Waals surface area contributed by atoms with Crippen LogP contribution in [0.2, 0.25) is 0 Å². The number of carbonyl (C=O) groups excluding carboxylic acids is 2. The Hall–Kier alpha value is -3.32. The molecule has 1 saturated heterocycles. The van der Waals surface area contributed by atoms with Crippen LogP contribution in [0.25, 0.3) is 0 Å². The van der Waals surface area contributed by atoms with Gasteiger partial charge in [0.05, 0.1) is 13.7 Å². The first kappa shape index (κ1) is 21.4. The second-order valence-electron chi connectivity index (χ2n) is 7.06. The van der Waals surface area contributed by atoms with Gasteiger partial charge in [0.15, 0.2) is 11.5 Å². The molecule has 1 aliphatic rings. The van der Waals surface area contributed by atoms with Crippen molar-refractivity contribution in [2.75, 3.05) is 25.2 Å². The molecule has 1 aliphatic heterocycles. The number of urea groups is 1. The maximum Gasteiger partial charge on any atom is 0.332 e. The number of imide groups is 1. The fraction of sp³-hybridized carbons (Fsp3) is 0.304. The molecule has 2 unspecified atom stereocenters. The topological polar surface area (TPSA) is 79.3 Å². The van der Waals surface area contributed by atoms with Crippen LogP contribution >= 0.6 is 0 Å². The maximum atomic E-state index is 12.8. The Balaban J connectivity index is 1.63. The molecule has 1 heterocycles. The van der Waals surface area contributed by atoms with E-state index in [9.17, 15) is 14.7 Å². The van der Waals surface area contributed by atoms with Gasteiger partial charge in [-0.15, -0.1) is 6.58 Å². The molecule has 1 N–H and O–H groups in total. The molecule has 30 heavy (non-hydrogen) atoms. The second-order valence-corrected chi connectivity index (χ2v) is 7.06. The Labute approximate surface area is 176 Å². The van der Waals surface area contributed by atoms with Crippen LogP contribution < -0.4 is 14.4 Å². The average Bonchev–Trinajstić information content (AvgIpc) is 2.96. The lowest BCUT2D eigenvalue weighted by molar-refractivity contribution is -0.128. The molecule has 3 rings (SSSR count). The monoisotopic (exact) mass is 410 g/mol. The van der Waals surface area contributed by atoms with Gasteiger partial charge in [0.25, 0.3) is 5.91 Å². The molecule has 0 bridgehead atoms. The van der Waals surface area contributed by atoms with Gasteiger partial charge in [-0.1, -0.05) is 30.3 Å². The summed E-state index contributed by atoms with van der Waals surface area (Å²) in [5.41, 5.74) is 1.67. The van der Waals surface area contributed by atoms with Gasteiger partial charge in [0.1, 0.15) is 18.8 Å². The van der Waals surface area contributed by atoms with Crippen LogP contribution in [0.15, 0.2) is 61.2 Å². The summed E-state index contributed by atoms with van der Waals surface area (Å²) in [5.74, 6) is 0.663. The number of hydrogen-bond acceptors (Lipinski definition) is 5. The van der Waals surface area contributed by atoms with Crippen LogP contribution in [0.5, 0.6) is 11.5 Å². The van der Waals surface area contributed by atoms with Crippen molar-refractivity contribution < 1.29 is 24.2 Å². The van der Waals surface area contributed by atoms with Crippen molar-refractivity contribution in [2.24, 2.45) is 0 Å². The minimum Gasteiger partial charge on any atom is -0.493 e. The molecular weight excluding hydrogens is 384 g/mol. The third-order valence-electron chi connectivity index (χ3n) is 4.91. The van der Waals surface area contributed by atoms with E-state index in [1.807, 2.05) is 18.2 Å². The molecule has 1 fully saturated rings. The predicted octanol–water partition coefficient (Wildman–Crippen LogP) is 3.02. The molecule has 0 spiro atoms. The van der Waals surface area contributed by atoms with Gasteiger partial charge >= 0.3 is 6.03 Å². The highest BCUT2D eigenvalue weighted by Crippen LogP contribution is 2.29. The summed E-state index contributed by atoms with van der Waals surface area (Å²) in [4.78, 5) is 27.9. The first-order chi connectivity index (χ1) is 14.5. The standard InChI is InChI=1S/C23H26N2O5/c1-4-8-17-11-12-20(21(13-17)29-3)30-15-19(26)14-24-22(27)16(2)25(23(24)28)18-9-6-5-7-10-18/h4-7,9-13,16,19,26H,1,8,14-15H2,2-3H3. The van der Waals surface area contributed by atoms with Crippen molar-refractivity contribution in [2.45, 2.75) is 25.5 Å². The number of carbonyl (C=O) groups is 2.